The lowest BCUT2D eigenvalue weighted by atomic mass is 9.93. The molecule has 1 rings (SSSR count). The molecule has 1 aromatic carbocycles. The van der Waals surface area contributed by atoms with Gasteiger partial charge in [0.05, 0.1) is 0 Å². The number of hydrogen-bond donors (Lipinski definition) is 1. The minimum Gasteiger partial charge on any atom is -0.317 e. The zero-order valence-electron chi connectivity index (χ0n) is 7.40. The summed E-state index contributed by atoms with van der Waals surface area (Å²) in [5, 5.41) is 0. The minimum atomic E-state index is -3.03. The zero-order chi connectivity index (χ0) is 10.9. The van der Waals surface area contributed by atoms with Crippen LogP contribution in [-0.4, -0.2) is 6.43 Å². The van der Waals surface area contributed by atoms with E-state index in [1.165, 1.54) is 0 Å². The van der Waals surface area contributed by atoms with Crippen molar-refractivity contribution in [1.29, 1.82) is 0 Å². The van der Waals surface area contributed by atoms with E-state index in [9.17, 15) is 17.6 Å². The fraction of sp³-hybridized carbons (Fsp3) is 0.333. The van der Waals surface area contributed by atoms with Gasteiger partial charge in [-0.1, -0.05) is 6.07 Å². The Morgan fingerprint density at radius 1 is 1.21 bits per heavy atom. The van der Waals surface area contributed by atoms with Gasteiger partial charge in [-0.25, -0.2) is 17.6 Å². The quantitative estimate of drug-likeness (QED) is 0.740. The Kier molecular flexibility index (Phi) is 2.80. The van der Waals surface area contributed by atoms with Crippen LogP contribution in [0.1, 0.15) is 12.5 Å². The van der Waals surface area contributed by atoms with Crippen LogP contribution in [0.2, 0.25) is 0 Å². The molecule has 0 aliphatic rings. The van der Waals surface area contributed by atoms with Crippen molar-refractivity contribution in [1.82, 2.24) is 0 Å². The van der Waals surface area contributed by atoms with Crippen molar-refractivity contribution in [3.8, 4) is 0 Å². The zero-order valence-corrected chi connectivity index (χ0v) is 7.40. The Morgan fingerprint density at radius 3 is 2.00 bits per heavy atom. The van der Waals surface area contributed by atoms with Crippen molar-refractivity contribution in [2.45, 2.75) is 18.9 Å². The summed E-state index contributed by atoms with van der Waals surface area (Å²) in [6.07, 6.45) is -3.03. The van der Waals surface area contributed by atoms with E-state index in [1.54, 1.807) is 0 Å². The first-order valence-electron chi connectivity index (χ1n) is 3.89. The second-order valence-corrected chi connectivity index (χ2v) is 3.18. The van der Waals surface area contributed by atoms with Gasteiger partial charge < -0.3 is 5.73 Å². The molecular weight excluding hydrogens is 198 g/mol. The van der Waals surface area contributed by atoms with Gasteiger partial charge >= 0.3 is 0 Å². The van der Waals surface area contributed by atoms with Crippen molar-refractivity contribution in [3.63, 3.8) is 0 Å². The summed E-state index contributed by atoms with van der Waals surface area (Å²) in [5.41, 5.74) is 2.06. The molecule has 0 fully saturated rings. The topological polar surface area (TPSA) is 26.0 Å². The normalized spacial score (nSPS) is 15.6. The lowest BCUT2D eigenvalue weighted by Gasteiger charge is -2.24. The van der Waals surface area contributed by atoms with Crippen molar-refractivity contribution >= 4 is 0 Å². The summed E-state index contributed by atoms with van der Waals surface area (Å²) in [4.78, 5) is 0. The van der Waals surface area contributed by atoms with Crippen LogP contribution in [0.15, 0.2) is 18.2 Å². The molecule has 0 heterocycles. The summed E-state index contributed by atoms with van der Waals surface area (Å²) in [6, 6.07) is 2.88. The fourth-order valence-electron chi connectivity index (χ4n) is 1.12. The molecule has 0 aromatic heterocycles. The Morgan fingerprint density at radius 2 is 1.64 bits per heavy atom. The molecule has 0 spiro atoms. The van der Waals surface area contributed by atoms with Gasteiger partial charge in [-0.05, 0) is 19.1 Å². The maximum absolute atomic E-state index is 13.1. The van der Waals surface area contributed by atoms with Crippen molar-refractivity contribution in [2.24, 2.45) is 5.73 Å². The lowest BCUT2D eigenvalue weighted by Crippen LogP contribution is -2.42. The first-order chi connectivity index (χ1) is 6.37. The van der Waals surface area contributed by atoms with Crippen molar-refractivity contribution < 1.29 is 17.6 Å². The van der Waals surface area contributed by atoms with Gasteiger partial charge in [-0.15, -0.1) is 0 Å². The third-order valence-electron chi connectivity index (χ3n) is 1.95. The van der Waals surface area contributed by atoms with Crippen LogP contribution in [-0.2, 0) is 5.54 Å². The number of halogens is 4. The molecule has 14 heavy (non-hydrogen) atoms. The standard InChI is InChI=1S/C9H9F4N/c1-9(14,8(12)13)7-5(10)3-2-4-6(7)11/h2-4,8H,14H2,1H3. The van der Waals surface area contributed by atoms with Gasteiger partial charge in [-0.3, -0.25) is 0 Å². The van der Waals surface area contributed by atoms with Crippen molar-refractivity contribution in [2.75, 3.05) is 0 Å². The SMILES string of the molecule is CC(N)(c1c(F)cccc1F)C(F)F. The minimum absolute atomic E-state index is 0.782. The third-order valence-corrected chi connectivity index (χ3v) is 1.95. The number of alkyl halides is 2. The van der Waals surface area contributed by atoms with Crippen LogP contribution in [0.5, 0.6) is 0 Å². The summed E-state index contributed by atoms with van der Waals surface area (Å²) in [6.45, 7) is 0.888. The second-order valence-electron chi connectivity index (χ2n) is 3.18. The molecule has 0 aliphatic heterocycles. The highest BCUT2D eigenvalue weighted by Crippen LogP contribution is 2.29. The molecule has 0 saturated carbocycles. The molecule has 78 valence electrons. The van der Waals surface area contributed by atoms with E-state index in [1.807, 2.05) is 0 Å². The smallest absolute Gasteiger partial charge is 0.260 e. The monoisotopic (exact) mass is 207 g/mol. The number of hydrogen-bond acceptors (Lipinski definition) is 1. The molecule has 1 aromatic rings. The van der Waals surface area contributed by atoms with Crippen molar-refractivity contribution in [3.05, 3.63) is 35.4 Å². The van der Waals surface area contributed by atoms with Crippen LogP contribution in [0, 0.1) is 11.6 Å². The summed E-state index contributed by atoms with van der Waals surface area (Å²) in [5.74, 6) is -2.12. The predicted octanol–water partition coefficient (Wildman–Crippen LogP) is 2.40. The predicted molar refractivity (Wildman–Crippen MR) is 43.9 cm³/mol. The summed E-state index contributed by atoms with van der Waals surface area (Å²) >= 11 is 0. The highest BCUT2D eigenvalue weighted by molar-refractivity contribution is 5.27. The molecule has 1 unspecified atom stereocenters. The van der Waals surface area contributed by atoms with Crippen LogP contribution in [0.4, 0.5) is 17.6 Å². The third kappa shape index (κ3) is 1.72. The van der Waals surface area contributed by atoms with Crippen LogP contribution < -0.4 is 5.73 Å². The molecule has 0 aliphatic carbocycles. The van der Waals surface area contributed by atoms with Gasteiger partial charge in [-0.2, -0.15) is 0 Å². The second kappa shape index (κ2) is 3.57. The van der Waals surface area contributed by atoms with E-state index >= 15 is 0 Å². The Labute approximate surface area is 78.5 Å². The molecule has 0 amide bonds. The highest BCUT2D eigenvalue weighted by Gasteiger charge is 2.37. The van der Waals surface area contributed by atoms with Crippen LogP contribution in [0.3, 0.4) is 0 Å². The van der Waals surface area contributed by atoms with Gasteiger partial charge in [0.25, 0.3) is 6.43 Å². The van der Waals surface area contributed by atoms with E-state index in [2.05, 4.69) is 0 Å². The molecule has 5 heteroatoms. The number of benzene rings is 1. The van der Waals surface area contributed by atoms with Gasteiger partial charge in [0, 0.05) is 5.56 Å². The molecular formula is C9H9F4N. The maximum atomic E-state index is 13.1. The summed E-state index contributed by atoms with van der Waals surface area (Å²) in [7, 11) is 0. The number of rotatable bonds is 2. The molecule has 0 bridgehead atoms. The average molecular weight is 207 g/mol. The largest absolute Gasteiger partial charge is 0.317 e. The van der Waals surface area contributed by atoms with Crippen LogP contribution in [0.25, 0.3) is 0 Å². The first kappa shape index (κ1) is 11.0. The fourth-order valence-corrected chi connectivity index (χ4v) is 1.12. The highest BCUT2D eigenvalue weighted by atomic mass is 19.3. The van der Waals surface area contributed by atoms with E-state index in [0.29, 0.717) is 0 Å². The van der Waals surface area contributed by atoms with E-state index < -0.39 is 29.2 Å². The van der Waals surface area contributed by atoms with Gasteiger partial charge in [0.1, 0.15) is 17.2 Å². The Hall–Kier alpha value is -1.10. The van der Waals surface area contributed by atoms with E-state index in [-0.39, 0.29) is 0 Å². The maximum Gasteiger partial charge on any atom is 0.260 e. The van der Waals surface area contributed by atoms with E-state index in [4.69, 9.17) is 5.73 Å². The Balaban J connectivity index is 3.31. The molecule has 0 radical (unpaired) electrons. The number of nitrogens with two attached hydrogens (primary N) is 1. The van der Waals surface area contributed by atoms with Gasteiger partial charge in [0.15, 0.2) is 0 Å². The van der Waals surface area contributed by atoms with E-state index in [0.717, 1.165) is 25.1 Å². The molecule has 1 atom stereocenters. The summed E-state index contributed by atoms with van der Waals surface area (Å²) < 4.78 is 50.9. The molecule has 2 N–H and O–H groups in total. The Bertz CT molecular complexity index is 315. The first-order valence-corrected chi connectivity index (χ1v) is 3.89. The lowest BCUT2D eigenvalue weighted by molar-refractivity contribution is 0.0582. The molecule has 0 saturated heterocycles. The average Bonchev–Trinajstić information content (AvgIpc) is 2.02. The van der Waals surface area contributed by atoms with Gasteiger partial charge in [0.2, 0.25) is 0 Å². The van der Waals surface area contributed by atoms with Crippen LogP contribution >= 0.6 is 0 Å². The molecule has 1 nitrogen and oxygen atoms in total.